The molecule has 0 spiro atoms. The summed E-state index contributed by atoms with van der Waals surface area (Å²) in [6.07, 6.45) is 0. The molecule has 1 heterocycles. The third kappa shape index (κ3) is 4.93. The number of likely N-dealkylation sites (N-methyl/N-ethyl adjacent to an activating group) is 1. The molecule has 1 aromatic heterocycles. The average Bonchev–Trinajstić information content (AvgIpc) is 2.97. The maximum absolute atomic E-state index is 14.2. The smallest absolute Gasteiger partial charge is 0.266 e. The van der Waals surface area contributed by atoms with E-state index in [1.807, 2.05) is 111 Å². The van der Waals surface area contributed by atoms with Crippen LogP contribution in [0, 0.1) is 6.92 Å². The van der Waals surface area contributed by atoms with E-state index in [-0.39, 0.29) is 11.5 Å². The van der Waals surface area contributed by atoms with Gasteiger partial charge in [0.1, 0.15) is 11.6 Å². The number of methoxy groups -OCH3 is 1. The molecule has 196 valence electrons. The van der Waals surface area contributed by atoms with E-state index in [1.165, 1.54) is 0 Å². The Morgan fingerprint density at radius 3 is 2.08 bits per heavy atom. The first-order valence-electron chi connectivity index (χ1n) is 12.9. The highest BCUT2D eigenvalue weighted by molar-refractivity contribution is 5.87. The van der Waals surface area contributed by atoms with E-state index < -0.39 is 12.0 Å². The van der Waals surface area contributed by atoms with E-state index >= 15 is 0 Å². The van der Waals surface area contributed by atoms with Crippen molar-refractivity contribution in [2.75, 3.05) is 14.2 Å². The van der Waals surface area contributed by atoms with Crippen LogP contribution in [-0.2, 0) is 4.79 Å². The topological polar surface area (TPSA) is 64.4 Å². The Balaban J connectivity index is 1.67. The number of hydrogen-bond donors (Lipinski definition) is 0. The molecule has 6 heteroatoms. The van der Waals surface area contributed by atoms with Crippen molar-refractivity contribution in [2.45, 2.75) is 25.8 Å². The lowest BCUT2D eigenvalue weighted by atomic mass is 9.89. The largest absolute Gasteiger partial charge is 0.495 e. The van der Waals surface area contributed by atoms with Gasteiger partial charge in [-0.2, -0.15) is 0 Å². The molecule has 0 saturated carbocycles. The molecule has 0 bridgehead atoms. The third-order valence-corrected chi connectivity index (χ3v) is 7.19. The predicted molar refractivity (Wildman–Crippen MR) is 155 cm³/mol. The van der Waals surface area contributed by atoms with Crippen LogP contribution in [-0.4, -0.2) is 34.5 Å². The fourth-order valence-electron chi connectivity index (χ4n) is 4.97. The molecule has 0 fully saturated rings. The van der Waals surface area contributed by atoms with Gasteiger partial charge in [-0.3, -0.25) is 14.2 Å². The molecule has 39 heavy (non-hydrogen) atoms. The highest BCUT2D eigenvalue weighted by atomic mass is 16.5. The van der Waals surface area contributed by atoms with Crippen LogP contribution in [0.5, 0.6) is 5.75 Å². The average molecular weight is 518 g/mol. The minimum absolute atomic E-state index is 0.0925. The van der Waals surface area contributed by atoms with Gasteiger partial charge >= 0.3 is 0 Å². The zero-order valence-electron chi connectivity index (χ0n) is 22.5. The normalized spacial score (nSPS) is 11.9. The van der Waals surface area contributed by atoms with Crippen LogP contribution in [0.4, 0.5) is 0 Å². The fraction of sp³-hybridized carbons (Fsp3) is 0.182. The molecule has 1 unspecified atom stereocenters. The lowest BCUT2D eigenvalue weighted by Gasteiger charge is -2.31. The zero-order valence-corrected chi connectivity index (χ0v) is 22.5. The molecule has 0 radical (unpaired) electrons. The Morgan fingerprint density at radius 1 is 0.872 bits per heavy atom. The van der Waals surface area contributed by atoms with Crippen molar-refractivity contribution in [1.82, 2.24) is 14.5 Å². The van der Waals surface area contributed by atoms with Crippen molar-refractivity contribution in [3.05, 3.63) is 136 Å². The van der Waals surface area contributed by atoms with Gasteiger partial charge in [0.05, 0.1) is 35.7 Å². The van der Waals surface area contributed by atoms with Crippen LogP contribution in [0.2, 0.25) is 0 Å². The van der Waals surface area contributed by atoms with Gasteiger partial charge < -0.3 is 9.64 Å². The second kappa shape index (κ2) is 11.0. The first-order chi connectivity index (χ1) is 18.9. The van der Waals surface area contributed by atoms with E-state index in [9.17, 15) is 9.59 Å². The number of hydrogen-bond acceptors (Lipinski definition) is 4. The number of aryl methyl sites for hydroxylation is 1. The number of benzene rings is 4. The summed E-state index contributed by atoms with van der Waals surface area (Å²) in [5.41, 5.74) is 3.73. The molecule has 0 N–H and O–H groups in total. The Hall–Kier alpha value is -4.71. The monoisotopic (exact) mass is 517 g/mol. The van der Waals surface area contributed by atoms with Crippen molar-refractivity contribution in [1.29, 1.82) is 0 Å². The molecule has 5 aromatic rings. The SMILES string of the molecule is COc1ccc(C)cc1-n1c(C(C)N(C)C(=O)C(c2ccccc2)c2ccccc2)nc2ccccc2c1=O. The van der Waals surface area contributed by atoms with E-state index in [2.05, 4.69) is 0 Å². The summed E-state index contributed by atoms with van der Waals surface area (Å²) in [5.74, 6) is 0.408. The lowest BCUT2D eigenvalue weighted by molar-refractivity contribution is -0.132. The Kier molecular flexibility index (Phi) is 7.28. The van der Waals surface area contributed by atoms with Crippen LogP contribution in [0.1, 0.15) is 41.4 Å². The lowest BCUT2D eigenvalue weighted by Crippen LogP contribution is -2.37. The second-order valence-corrected chi connectivity index (χ2v) is 9.68. The molecule has 6 nitrogen and oxygen atoms in total. The van der Waals surface area contributed by atoms with Crippen molar-refractivity contribution < 1.29 is 9.53 Å². The van der Waals surface area contributed by atoms with Crippen LogP contribution in [0.15, 0.2) is 108 Å². The minimum Gasteiger partial charge on any atom is -0.495 e. The van der Waals surface area contributed by atoms with E-state index in [4.69, 9.17) is 9.72 Å². The summed E-state index contributed by atoms with van der Waals surface area (Å²) in [5, 5.41) is 0.498. The molecule has 0 aliphatic heterocycles. The summed E-state index contributed by atoms with van der Waals surface area (Å²) in [6.45, 7) is 3.87. The summed E-state index contributed by atoms with van der Waals surface area (Å²) in [4.78, 5) is 34.8. The van der Waals surface area contributed by atoms with Gasteiger partial charge in [-0.25, -0.2) is 4.98 Å². The van der Waals surface area contributed by atoms with Crippen molar-refractivity contribution in [2.24, 2.45) is 0 Å². The van der Waals surface area contributed by atoms with Gasteiger partial charge in [-0.1, -0.05) is 78.9 Å². The maximum Gasteiger partial charge on any atom is 0.266 e. The Bertz CT molecular complexity index is 1640. The fourth-order valence-corrected chi connectivity index (χ4v) is 4.97. The van der Waals surface area contributed by atoms with Crippen LogP contribution < -0.4 is 10.3 Å². The first-order valence-corrected chi connectivity index (χ1v) is 12.9. The van der Waals surface area contributed by atoms with Gasteiger partial charge in [-0.15, -0.1) is 0 Å². The molecule has 1 atom stereocenters. The number of carbonyl (C=O) groups is 1. The van der Waals surface area contributed by atoms with E-state index in [0.29, 0.717) is 28.2 Å². The third-order valence-electron chi connectivity index (χ3n) is 7.19. The molecule has 0 aliphatic rings. The quantitative estimate of drug-likeness (QED) is 0.264. The van der Waals surface area contributed by atoms with Gasteiger partial charge in [0, 0.05) is 7.05 Å². The first kappa shape index (κ1) is 25.9. The Labute approximate surface area is 228 Å². The highest BCUT2D eigenvalue weighted by Gasteiger charge is 2.31. The van der Waals surface area contributed by atoms with E-state index in [0.717, 1.165) is 16.7 Å². The van der Waals surface area contributed by atoms with Crippen molar-refractivity contribution in [3.8, 4) is 11.4 Å². The van der Waals surface area contributed by atoms with Crippen molar-refractivity contribution >= 4 is 16.8 Å². The highest BCUT2D eigenvalue weighted by Crippen LogP contribution is 2.32. The molecule has 5 rings (SSSR count). The van der Waals surface area contributed by atoms with Crippen LogP contribution >= 0.6 is 0 Å². The number of carbonyl (C=O) groups excluding carboxylic acids is 1. The number of aromatic nitrogens is 2. The summed E-state index contributed by atoms with van der Waals surface area (Å²) in [6, 6.07) is 31.9. The van der Waals surface area contributed by atoms with E-state index in [1.54, 1.807) is 29.7 Å². The number of ether oxygens (including phenoxy) is 1. The number of amides is 1. The van der Waals surface area contributed by atoms with Gasteiger partial charge in [0.15, 0.2) is 0 Å². The summed E-state index contributed by atoms with van der Waals surface area (Å²) in [7, 11) is 3.35. The molecule has 0 saturated heterocycles. The van der Waals surface area contributed by atoms with Crippen molar-refractivity contribution in [3.63, 3.8) is 0 Å². The number of para-hydroxylation sites is 1. The maximum atomic E-state index is 14.2. The summed E-state index contributed by atoms with van der Waals surface area (Å²) < 4.78 is 7.24. The second-order valence-electron chi connectivity index (χ2n) is 9.68. The number of nitrogens with zero attached hydrogens (tertiary/aromatic N) is 3. The standard InChI is InChI=1S/C33H31N3O3/c1-22-19-20-29(39-4)28(21-22)36-31(34-27-18-12-11-17-26(27)32(36)37)23(2)35(3)33(38)30(24-13-7-5-8-14-24)25-15-9-6-10-16-25/h5-21,23,30H,1-4H3. The van der Waals surface area contributed by atoms with Crippen LogP contribution in [0.3, 0.4) is 0 Å². The zero-order chi connectivity index (χ0) is 27.5. The minimum atomic E-state index is -0.532. The van der Waals surface area contributed by atoms with Gasteiger partial charge in [-0.05, 0) is 54.8 Å². The van der Waals surface area contributed by atoms with Gasteiger partial charge in [0.2, 0.25) is 5.91 Å². The van der Waals surface area contributed by atoms with Gasteiger partial charge in [0.25, 0.3) is 5.56 Å². The molecule has 1 amide bonds. The number of rotatable bonds is 7. The Morgan fingerprint density at radius 2 is 1.46 bits per heavy atom. The molecule has 0 aliphatic carbocycles. The number of fused-ring (bicyclic) bond motifs is 1. The molecular formula is C33H31N3O3. The molecular weight excluding hydrogens is 486 g/mol. The summed E-state index contributed by atoms with van der Waals surface area (Å²) >= 11 is 0. The van der Waals surface area contributed by atoms with Crippen LogP contribution in [0.25, 0.3) is 16.6 Å². The predicted octanol–water partition coefficient (Wildman–Crippen LogP) is 6.05. The molecule has 4 aromatic carbocycles.